The Kier molecular flexibility index (Phi) is 6.99. The first-order chi connectivity index (χ1) is 11.2. The number of benzene rings is 1. The number of carbonyl (C=O) groups is 1. The second kappa shape index (κ2) is 8.99. The number of hydrogen-bond donors (Lipinski definition) is 1. The van der Waals surface area contributed by atoms with Crippen LogP contribution in [-0.2, 0) is 11.3 Å². The first-order valence-electron chi connectivity index (χ1n) is 8.04. The lowest BCUT2D eigenvalue weighted by molar-refractivity contribution is -0.130. The van der Waals surface area contributed by atoms with Gasteiger partial charge in [-0.3, -0.25) is 4.79 Å². The molecular weight excluding hydrogens is 316 g/mol. The summed E-state index contributed by atoms with van der Waals surface area (Å²) in [7, 11) is 3.16. The molecule has 1 saturated heterocycles. The Hall–Kier alpha value is -1.46. The second-order valence-corrected chi connectivity index (χ2v) is 6.09. The Morgan fingerprint density at radius 3 is 2.78 bits per heavy atom. The van der Waals surface area contributed by atoms with Crippen molar-refractivity contribution in [3.8, 4) is 11.5 Å². The van der Waals surface area contributed by atoms with Gasteiger partial charge in [0.2, 0.25) is 5.91 Å². The molecule has 5 nitrogen and oxygen atoms in total. The number of likely N-dealkylation sites (tertiary alicyclic amines) is 1. The van der Waals surface area contributed by atoms with Crippen molar-refractivity contribution in [2.75, 3.05) is 33.9 Å². The van der Waals surface area contributed by atoms with Crippen LogP contribution in [0.25, 0.3) is 0 Å². The number of amides is 1. The number of rotatable bonds is 7. The smallest absolute Gasteiger partial charge is 0.222 e. The lowest BCUT2D eigenvalue weighted by Crippen LogP contribution is -2.36. The largest absolute Gasteiger partial charge is 0.493 e. The fraction of sp³-hybridized carbons (Fsp3) is 0.588. The summed E-state index contributed by atoms with van der Waals surface area (Å²) in [6.45, 7) is 3.06. The fourth-order valence-corrected chi connectivity index (χ4v) is 3.11. The third-order valence-corrected chi connectivity index (χ3v) is 4.33. The van der Waals surface area contributed by atoms with Crippen molar-refractivity contribution in [2.45, 2.75) is 32.2 Å². The van der Waals surface area contributed by atoms with Crippen LogP contribution >= 0.6 is 11.6 Å². The number of nitrogens with zero attached hydrogens (tertiary/aromatic N) is 1. The molecule has 1 aromatic rings. The molecule has 0 aliphatic carbocycles. The van der Waals surface area contributed by atoms with E-state index in [0.29, 0.717) is 29.5 Å². The highest BCUT2D eigenvalue weighted by molar-refractivity contribution is 6.32. The van der Waals surface area contributed by atoms with Gasteiger partial charge in [-0.05, 0) is 30.5 Å². The van der Waals surface area contributed by atoms with Crippen molar-refractivity contribution in [3.05, 3.63) is 22.7 Å². The summed E-state index contributed by atoms with van der Waals surface area (Å²) in [4.78, 5) is 13.9. The van der Waals surface area contributed by atoms with Gasteiger partial charge in [0.25, 0.3) is 0 Å². The molecule has 1 heterocycles. The lowest BCUT2D eigenvalue weighted by atomic mass is 10.2. The summed E-state index contributed by atoms with van der Waals surface area (Å²) in [5, 5.41) is 3.89. The molecule has 2 rings (SSSR count). The molecule has 0 spiro atoms. The maximum absolute atomic E-state index is 11.9. The molecule has 1 aliphatic heterocycles. The quantitative estimate of drug-likeness (QED) is 0.775. The van der Waals surface area contributed by atoms with Crippen molar-refractivity contribution < 1.29 is 14.3 Å². The summed E-state index contributed by atoms with van der Waals surface area (Å²) in [5.74, 6) is 1.45. The Balaban J connectivity index is 1.84. The summed E-state index contributed by atoms with van der Waals surface area (Å²) in [6, 6.07) is 3.78. The molecule has 0 aromatic heterocycles. The van der Waals surface area contributed by atoms with Gasteiger partial charge in [0.15, 0.2) is 11.5 Å². The minimum absolute atomic E-state index is 0.276. The molecule has 1 aliphatic rings. The van der Waals surface area contributed by atoms with Crippen LogP contribution in [-0.4, -0.2) is 44.7 Å². The van der Waals surface area contributed by atoms with E-state index in [4.69, 9.17) is 21.1 Å². The van der Waals surface area contributed by atoms with Crippen LogP contribution in [0.4, 0.5) is 0 Å². The summed E-state index contributed by atoms with van der Waals surface area (Å²) in [6.07, 6.45) is 3.97. The minimum atomic E-state index is 0.276. The summed E-state index contributed by atoms with van der Waals surface area (Å²) >= 11 is 6.20. The number of methoxy groups -OCH3 is 2. The molecule has 0 bridgehead atoms. The van der Waals surface area contributed by atoms with Gasteiger partial charge in [0.05, 0.1) is 19.2 Å². The highest BCUT2D eigenvalue weighted by Gasteiger charge is 2.15. The van der Waals surface area contributed by atoms with E-state index in [0.717, 1.165) is 44.5 Å². The van der Waals surface area contributed by atoms with Crippen molar-refractivity contribution in [1.82, 2.24) is 10.2 Å². The van der Waals surface area contributed by atoms with Crippen LogP contribution in [0, 0.1) is 0 Å². The predicted molar refractivity (Wildman–Crippen MR) is 91.3 cm³/mol. The van der Waals surface area contributed by atoms with E-state index in [1.165, 1.54) is 0 Å². The summed E-state index contributed by atoms with van der Waals surface area (Å²) in [5.41, 5.74) is 1.02. The minimum Gasteiger partial charge on any atom is -0.493 e. The summed E-state index contributed by atoms with van der Waals surface area (Å²) < 4.78 is 10.5. The lowest BCUT2D eigenvalue weighted by Gasteiger charge is -2.20. The molecule has 0 saturated carbocycles. The van der Waals surface area contributed by atoms with Crippen molar-refractivity contribution in [1.29, 1.82) is 0 Å². The van der Waals surface area contributed by atoms with Crippen LogP contribution in [0.5, 0.6) is 11.5 Å². The number of ether oxygens (including phenoxy) is 2. The zero-order chi connectivity index (χ0) is 16.7. The van der Waals surface area contributed by atoms with Gasteiger partial charge in [-0.15, -0.1) is 0 Å². The number of carbonyl (C=O) groups excluding carboxylic acids is 1. The molecule has 6 heteroatoms. The van der Waals surface area contributed by atoms with Gasteiger partial charge in [0, 0.05) is 32.6 Å². The van der Waals surface area contributed by atoms with Crippen LogP contribution in [0.15, 0.2) is 12.1 Å². The highest BCUT2D eigenvalue weighted by Crippen LogP contribution is 2.35. The van der Waals surface area contributed by atoms with E-state index >= 15 is 0 Å². The van der Waals surface area contributed by atoms with Gasteiger partial charge in [0.1, 0.15) is 0 Å². The maximum Gasteiger partial charge on any atom is 0.222 e. The molecule has 0 radical (unpaired) electrons. The van der Waals surface area contributed by atoms with E-state index in [1.54, 1.807) is 14.2 Å². The van der Waals surface area contributed by atoms with Crippen molar-refractivity contribution >= 4 is 17.5 Å². The van der Waals surface area contributed by atoms with Crippen LogP contribution in [0.2, 0.25) is 5.02 Å². The Morgan fingerprint density at radius 1 is 1.22 bits per heavy atom. The van der Waals surface area contributed by atoms with Gasteiger partial charge >= 0.3 is 0 Å². The molecule has 1 aromatic carbocycles. The Morgan fingerprint density at radius 2 is 2.04 bits per heavy atom. The first-order valence-corrected chi connectivity index (χ1v) is 8.42. The van der Waals surface area contributed by atoms with Crippen LogP contribution < -0.4 is 14.8 Å². The fourth-order valence-electron chi connectivity index (χ4n) is 2.80. The predicted octanol–water partition coefficient (Wildman–Crippen LogP) is 2.85. The zero-order valence-corrected chi connectivity index (χ0v) is 14.6. The molecule has 0 unspecified atom stereocenters. The third kappa shape index (κ3) is 5.01. The molecule has 1 fully saturated rings. The molecule has 1 amide bonds. The SMILES string of the molecule is COc1cc(CNCCN2CCCCCC2=O)cc(Cl)c1OC. The van der Waals surface area contributed by atoms with Crippen LogP contribution in [0.1, 0.15) is 31.2 Å². The molecule has 1 N–H and O–H groups in total. The van der Waals surface area contributed by atoms with E-state index in [-0.39, 0.29) is 5.91 Å². The van der Waals surface area contributed by atoms with Gasteiger partial charge in [-0.1, -0.05) is 18.0 Å². The Bertz CT molecular complexity index is 537. The standard InChI is InChI=1S/C17H25ClN2O3/c1-22-15-11-13(10-14(18)17(15)23-2)12-19-7-9-20-8-5-3-4-6-16(20)21/h10-11,19H,3-9,12H2,1-2H3. The third-order valence-electron chi connectivity index (χ3n) is 4.05. The first kappa shape index (κ1) is 17.9. The number of halogens is 1. The molecule has 128 valence electrons. The van der Waals surface area contributed by atoms with Crippen molar-refractivity contribution in [3.63, 3.8) is 0 Å². The van der Waals surface area contributed by atoms with Gasteiger partial charge < -0.3 is 19.7 Å². The topological polar surface area (TPSA) is 50.8 Å². The maximum atomic E-state index is 11.9. The van der Waals surface area contributed by atoms with Crippen LogP contribution in [0.3, 0.4) is 0 Å². The van der Waals surface area contributed by atoms with Gasteiger partial charge in [-0.2, -0.15) is 0 Å². The number of nitrogens with one attached hydrogen (secondary N) is 1. The molecule has 23 heavy (non-hydrogen) atoms. The Labute approximate surface area is 142 Å². The highest BCUT2D eigenvalue weighted by atomic mass is 35.5. The second-order valence-electron chi connectivity index (χ2n) is 5.68. The van der Waals surface area contributed by atoms with E-state index in [9.17, 15) is 4.79 Å². The normalized spacial score (nSPS) is 15.4. The zero-order valence-electron chi connectivity index (χ0n) is 13.9. The molecular formula is C17H25ClN2O3. The van der Waals surface area contributed by atoms with Crippen molar-refractivity contribution in [2.24, 2.45) is 0 Å². The molecule has 0 atom stereocenters. The van der Waals surface area contributed by atoms with Gasteiger partial charge in [-0.25, -0.2) is 0 Å². The number of hydrogen-bond acceptors (Lipinski definition) is 4. The van der Waals surface area contributed by atoms with E-state index in [2.05, 4.69) is 5.32 Å². The monoisotopic (exact) mass is 340 g/mol. The average Bonchev–Trinajstić information content (AvgIpc) is 2.75. The average molecular weight is 341 g/mol. The van der Waals surface area contributed by atoms with E-state index < -0.39 is 0 Å². The van der Waals surface area contributed by atoms with E-state index in [1.807, 2.05) is 17.0 Å².